The number of hydrogen-bond acceptors (Lipinski definition) is 4. The topological polar surface area (TPSA) is 56.7 Å². The molecule has 0 unspecified atom stereocenters. The van der Waals surface area contributed by atoms with E-state index in [4.69, 9.17) is 19.4 Å². The van der Waals surface area contributed by atoms with Crippen LogP contribution in [0, 0.1) is 0 Å². The van der Waals surface area contributed by atoms with Gasteiger partial charge in [0.05, 0.1) is 16.7 Å². The number of benzene rings is 8. The van der Waals surface area contributed by atoms with E-state index in [1.807, 2.05) is 60.7 Å². The first kappa shape index (κ1) is 30.3. The van der Waals surface area contributed by atoms with E-state index < -0.39 is 0 Å². The molecule has 54 heavy (non-hydrogen) atoms. The summed E-state index contributed by atoms with van der Waals surface area (Å²) in [5.74, 6) is 1.81. The minimum absolute atomic E-state index is 0.597. The second-order valence-electron chi connectivity index (χ2n) is 13.6. The molecule has 0 aliphatic rings. The Kier molecular flexibility index (Phi) is 6.79. The molecular formula is C49H30N4O. The number of para-hydroxylation sites is 3. The SMILES string of the molecule is c1ccc(-c2nc(-c3cccc(-c4ccccc4-n4c5ccccc5c5cc6ccccc6cc54)c3)nc(-c3cccc4oc5ccccc5c34)n2)cc1. The van der Waals surface area contributed by atoms with Crippen LogP contribution >= 0.6 is 0 Å². The molecule has 252 valence electrons. The Balaban J connectivity index is 1.11. The van der Waals surface area contributed by atoms with Crippen molar-refractivity contribution in [2.75, 3.05) is 0 Å². The highest BCUT2D eigenvalue weighted by atomic mass is 16.3. The highest BCUT2D eigenvalue weighted by Gasteiger charge is 2.20. The lowest BCUT2D eigenvalue weighted by Gasteiger charge is -2.15. The van der Waals surface area contributed by atoms with Crippen molar-refractivity contribution >= 4 is 54.5 Å². The van der Waals surface area contributed by atoms with E-state index in [0.717, 1.165) is 55.4 Å². The van der Waals surface area contributed by atoms with Gasteiger partial charge >= 0.3 is 0 Å². The Morgan fingerprint density at radius 3 is 1.87 bits per heavy atom. The predicted molar refractivity (Wildman–Crippen MR) is 221 cm³/mol. The highest BCUT2D eigenvalue weighted by molar-refractivity contribution is 6.14. The Labute approximate surface area is 310 Å². The second kappa shape index (κ2) is 12.1. The molecule has 0 saturated heterocycles. The fourth-order valence-corrected chi connectivity index (χ4v) is 7.96. The van der Waals surface area contributed by atoms with Crippen molar-refractivity contribution in [3.8, 4) is 51.0 Å². The van der Waals surface area contributed by atoms with Gasteiger partial charge in [0.1, 0.15) is 11.2 Å². The number of fused-ring (bicyclic) bond motifs is 7. The van der Waals surface area contributed by atoms with Crippen LogP contribution in [0.15, 0.2) is 186 Å². The fraction of sp³-hybridized carbons (Fsp3) is 0. The van der Waals surface area contributed by atoms with Crippen molar-refractivity contribution in [2.45, 2.75) is 0 Å². The largest absolute Gasteiger partial charge is 0.456 e. The summed E-state index contributed by atoms with van der Waals surface area (Å²) in [4.78, 5) is 15.4. The maximum absolute atomic E-state index is 6.25. The third-order valence-corrected chi connectivity index (χ3v) is 10.4. The first-order valence-corrected chi connectivity index (χ1v) is 18.1. The number of nitrogens with zero attached hydrogens (tertiary/aromatic N) is 4. The number of furan rings is 1. The van der Waals surface area contributed by atoms with Crippen molar-refractivity contribution in [2.24, 2.45) is 0 Å². The van der Waals surface area contributed by atoms with E-state index in [2.05, 4.69) is 126 Å². The molecule has 11 aromatic rings. The van der Waals surface area contributed by atoms with Crippen LogP contribution in [-0.2, 0) is 0 Å². The van der Waals surface area contributed by atoms with Crippen LogP contribution in [0.4, 0.5) is 0 Å². The zero-order valence-electron chi connectivity index (χ0n) is 29.0. The normalized spacial score (nSPS) is 11.7. The minimum Gasteiger partial charge on any atom is -0.456 e. The van der Waals surface area contributed by atoms with Crippen LogP contribution < -0.4 is 0 Å². The second-order valence-corrected chi connectivity index (χ2v) is 13.6. The molecule has 0 N–H and O–H groups in total. The molecule has 0 fully saturated rings. The predicted octanol–water partition coefficient (Wildman–Crippen LogP) is 12.7. The zero-order valence-corrected chi connectivity index (χ0v) is 29.0. The van der Waals surface area contributed by atoms with Gasteiger partial charge in [-0.15, -0.1) is 0 Å². The van der Waals surface area contributed by atoms with Gasteiger partial charge < -0.3 is 8.98 Å². The zero-order chi connectivity index (χ0) is 35.6. The highest BCUT2D eigenvalue weighted by Crippen LogP contribution is 2.40. The molecular weight excluding hydrogens is 661 g/mol. The van der Waals surface area contributed by atoms with Crippen molar-refractivity contribution in [3.63, 3.8) is 0 Å². The maximum Gasteiger partial charge on any atom is 0.164 e. The Morgan fingerprint density at radius 1 is 0.370 bits per heavy atom. The Hall–Kier alpha value is -7.37. The summed E-state index contributed by atoms with van der Waals surface area (Å²) in [5, 5.41) is 6.94. The Morgan fingerprint density at radius 2 is 0.981 bits per heavy atom. The lowest BCUT2D eigenvalue weighted by molar-refractivity contribution is 0.669. The maximum atomic E-state index is 6.25. The van der Waals surface area contributed by atoms with Crippen molar-refractivity contribution < 1.29 is 4.42 Å². The lowest BCUT2D eigenvalue weighted by atomic mass is 10.0. The standard InChI is InChI=1S/C49H30N4O/c1-2-14-31(15-3-1)47-50-48(52-49(51-47)39-23-13-27-45-46(39)38-22-8-11-26-44(38)54-45)35-19-12-18-34(28-35)36-20-6-9-24-41(36)53-42-25-10-7-21-37(42)40-29-32-16-4-5-17-33(32)30-43(40)53/h1-30H. The Bertz CT molecular complexity index is 3230. The summed E-state index contributed by atoms with van der Waals surface area (Å²) in [6.07, 6.45) is 0. The van der Waals surface area contributed by atoms with Gasteiger partial charge in [-0.05, 0) is 58.8 Å². The van der Waals surface area contributed by atoms with Crippen LogP contribution in [0.25, 0.3) is 105 Å². The van der Waals surface area contributed by atoms with Crippen molar-refractivity contribution in [1.29, 1.82) is 0 Å². The van der Waals surface area contributed by atoms with Crippen LogP contribution in [0.1, 0.15) is 0 Å². The molecule has 0 saturated carbocycles. The minimum atomic E-state index is 0.597. The average Bonchev–Trinajstić information content (AvgIpc) is 3.78. The molecule has 3 aromatic heterocycles. The molecule has 0 aliphatic carbocycles. The van der Waals surface area contributed by atoms with Crippen LogP contribution in [0.5, 0.6) is 0 Å². The van der Waals surface area contributed by atoms with E-state index in [-0.39, 0.29) is 0 Å². The summed E-state index contributed by atoms with van der Waals surface area (Å²) in [7, 11) is 0. The smallest absolute Gasteiger partial charge is 0.164 e. The molecule has 5 heteroatoms. The summed E-state index contributed by atoms with van der Waals surface area (Å²) < 4.78 is 8.66. The van der Waals surface area contributed by atoms with Crippen LogP contribution in [0.2, 0.25) is 0 Å². The summed E-state index contributed by atoms with van der Waals surface area (Å²) in [6.45, 7) is 0. The number of aromatic nitrogens is 4. The molecule has 0 spiro atoms. The molecule has 0 amide bonds. The van der Waals surface area contributed by atoms with Crippen molar-refractivity contribution in [1.82, 2.24) is 19.5 Å². The van der Waals surface area contributed by atoms with Gasteiger partial charge in [0.25, 0.3) is 0 Å². The van der Waals surface area contributed by atoms with Crippen LogP contribution in [-0.4, -0.2) is 19.5 Å². The number of hydrogen-bond donors (Lipinski definition) is 0. The van der Waals surface area contributed by atoms with Gasteiger partial charge in [-0.2, -0.15) is 0 Å². The van der Waals surface area contributed by atoms with Gasteiger partial charge in [-0.3, -0.25) is 0 Å². The first-order chi connectivity index (χ1) is 26.8. The number of rotatable bonds is 5. The van der Waals surface area contributed by atoms with Gasteiger partial charge in [0, 0.05) is 43.8 Å². The molecule has 11 rings (SSSR count). The summed E-state index contributed by atoms with van der Waals surface area (Å²) in [6, 6.07) is 63.4. The van der Waals surface area contributed by atoms with Crippen LogP contribution in [0.3, 0.4) is 0 Å². The summed E-state index contributed by atoms with van der Waals surface area (Å²) >= 11 is 0. The monoisotopic (exact) mass is 690 g/mol. The third kappa shape index (κ3) is 4.83. The molecule has 3 heterocycles. The summed E-state index contributed by atoms with van der Waals surface area (Å²) in [5.41, 5.74) is 10.00. The third-order valence-electron chi connectivity index (χ3n) is 10.4. The molecule has 0 aliphatic heterocycles. The van der Waals surface area contributed by atoms with E-state index >= 15 is 0 Å². The first-order valence-electron chi connectivity index (χ1n) is 18.1. The molecule has 8 aromatic carbocycles. The lowest BCUT2D eigenvalue weighted by Crippen LogP contribution is -2.01. The van der Waals surface area contributed by atoms with Gasteiger partial charge in [-0.1, -0.05) is 140 Å². The van der Waals surface area contributed by atoms with E-state index in [9.17, 15) is 0 Å². The van der Waals surface area contributed by atoms with E-state index in [1.165, 1.54) is 32.6 Å². The molecule has 0 atom stereocenters. The van der Waals surface area contributed by atoms with E-state index in [0.29, 0.717) is 17.5 Å². The van der Waals surface area contributed by atoms with Crippen molar-refractivity contribution in [3.05, 3.63) is 182 Å². The quantitative estimate of drug-likeness (QED) is 0.180. The van der Waals surface area contributed by atoms with Gasteiger partial charge in [0.15, 0.2) is 17.5 Å². The van der Waals surface area contributed by atoms with Gasteiger partial charge in [-0.25, -0.2) is 15.0 Å². The molecule has 0 radical (unpaired) electrons. The van der Waals surface area contributed by atoms with E-state index in [1.54, 1.807) is 0 Å². The molecule has 0 bridgehead atoms. The fourth-order valence-electron chi connectivity index (χ4n) is 7.96. The average molecular weight is 691 g/mol. The molecule has 5 nitrogen and oxygen atoms in total. The van der Waals surface area contributed by atoms with Gasteiger partial charge in [0.2, 0.25) is 0 Å².